The molecule has 2 aliphatic heterocycles. The van der Waals surface area contributed by atoms with E-state index in [2.05, 4.69) is 39.0 Å². The fourth-order valence-corrected chi connectivity index (χ4v) is 5.89. The highest BCUT2D eigenvalue weighted by molar-refractivity contribution is 5.90. The number of hydrogen-bond acceptors (Lipinski definition) is 9. The monoisotopic (exact) mass is 612 g/mol. The molecule has 1 atom stereocenters. The average Bonchev–Trinajstić information content (AvgIpc) is 3.51. The predicted octanol–water partition coefficient (Wildman–Crippen LogP) is 4.71. The first-order valence-electron chi connectivity index (χ1n) is 15.0. The van der Waals surface area contributed by atoms with Crippen LogP contribution in [0.4, 0.5) is 36.3 Å². The average molecular weight is 613 g/mol. The van der Waals surface area contributed by atoms with E-state index in [0.717, 1.165) is 59.7 Å². The van der Waals surface area contributed by atoms with Gasteiger partial charge in [0.05, 0.1) is 17.2 Å². The molecule has 6 heterocycles. The minimum atomic E-state index is -4.37. The van der Waals surface area contributed by atoms with Crippen LogP contribution >= 0.6 is 0 Å². The van der Waals surface area contributed by atoms with Crippen molar-refractivity contribution in [3.05, 3.63) is 36.8 Å². The van der Waals surface area contributed by atoms with Gasteiger partial charge >= 0.3 is 6.18 Å². The van der Waals surface area contributed by atoms with Crippen molar-refractivity contribution in [1.82, 2.24) is 29.5 Å². The number of aromatic nitrogens is 6. The van der Waals surface area contributed by atoms with E-state index in [4.69, 9.17) is 15.8 Å². The summed E-state index contributed by atoms with van der Waals surface area (Å²) in [5.41, 5.74) is 8.34. The number of nitrogens with two attached hydrogens (primary N) is 1. The predicted molar refractivity (Wildman–Crippen MR) is 164 cm³/mol. The van der Waals surface area contributed by atoms with Crippen LogP contribution in [-0.4, -0.2) is 78.6 Å². The molecule has 236 valence electrons. The number of aliphatic hydroxyl groups is 1. The lowest BCUT2D eigenvalue weighted by Gasteiger charge is -2.45. The van der Waals surface area contributed by atoms with Crippen LogP contribution in [0.1, 0.15) is 46.6 Å². The second-order valence-electron chi connectivity index (χ2n) is 12.8. The molecule has 2 fully saturated rings. The highest BCUT2D eigenvalue weighted by Gasteiger charge is 2.39. The van der Waals surface area contributed by atoms with E-state index in [9.17, 15) is 18.3 Å². The molecule has 6 rings (SSSR count). The van der Waals surface area contributed by atoms with Crippen LogP contribution in [0.15, 0.2) is 36.8 Å². The van der Waals surface area contributed by atoms with Gasteiger partial charge in [-0.2, -0.15) is 23.4 Å². The molecule has 44 heavy (non-hydrogen) atoms. The fraction of sp³-hybridized carbons (Fsp3) is 0.533. The largest absolute Gasteiger partial charge is 0.408 e. The normalized spacial score (nSPS) is 18.4. The Morgan fingerprint density at radius 3 is 2.55 bits per heavy atom. The molecule has 0 radical (unpaired) electrons. The molecule has 4 aromatic heterocycles. The van der Waals surface area contributed by atoms with Gasteiger partial charge in [0.1, 0.15) is 18.2 Å². The van der Waals surface area contributed by atoms with Gasteiger partial charge < -0.3 is 26.0 Å². The Morgan fingerprint density at radius 1 is 1.09 bits per heavy atom. The van der Waals surface area contributed by atoms with Gasteiger partial charge in [0, 0.05) is 79.5 Å². The lowest BCUT2D eigenvalue weighted by atomic mass is 9.84. The second-order valence-corrected chi connectivity index (χ2v) is 12.8. The summed E-state index contributed by atoms with van der Waals surface area (Å²) in [6.07, 6.45) is 1.94. The van der Waals surface area contributed by atoms with Crippen molar-refractivity contribution in [2.45, 2.75) is 70.9 Å². The van der Waals surface area contributed by atoms with Crippen molar-refractivity contribution >= 4 is 34.2 Å². The molecule has 0 spiro atoms. The minimum Gasteiger partial charge on any atom is -0.390 e. The van der Waals surface area contributed by atoms with E-state index in [1.807, 2.05) is 36.7 Å². The van der Waals surface area contributed by atoms with Gasteiger partial charge in [-0.25, -0.2) is 14.6 Å². The first-order valence-corrected chi connectivity index (χ1v) is 15.0. The van der Waals surface area contributed by atoms with Crippen LogP contribution in [0.2, 0.25) is 0 Å². The Kier molecular flexibility index (Phi) is 7.68. The SMILES string of the molecule is CC(C)n1nc(N2CC(C(C)(C)O)C2)c2ccc(Nc3cc(N4CCC[C@H](N)C4)c(-c4cnn(CC(F)(F)F)c4)cn3)nc21. The molecule has 14 heteroatoms. The van der Waals surface area contributed by atoms with E-state index >= 15 is 0 Å². The topological polar surface area (TPSA) is 126 Å². The van der Waals surface area contributed by atoms with Crippen LogP contribution in [0.3, 0.4) is 0 Å². The zero-order valence-electron chi connectivity index (χ0n) is 25.4. The maximum absolute atomic E-state index is 13.0. The Bertz CT molecular complexity index is 1630. The van der Waals surface area contributed by atoms with Crippen molar-refractivity contribution in [1.29, 1.82) is 0 Å². The van der Waals surface area contributed by atoms with Crippen LogP contribution in [-0.2, 0) is 6.54 Å². The van der Waals surface area contributed by atoms with Crippen LogP contribution in [0, 0.1) is 5.92 Å². The number of nitrogens with one attached hydrogen (secondary N) is 1. The summed E-state index contributed by atoms with van der Waals surface area (Å²) in [4.78, 5) is 13.9. The third-order valence-corrected chi connectivity index (χ3v) is 8.43. The summed E-state index contributed by atoms with van der Waals surface area (Å²) in [7, 11) is 0. The summed E-state index contributed by atoms with van der Waals surface area (Å²) < 4.78 is 41.8. The number of fused-ring (bicyclic) bond motifs is 1. The zero-order chi connectivity index (χ0) is 31.4. The minimum absolute atomic E-state index is 0.00569. The van der Waals surface area contributed by atoms with Crippen molar-refractivity contribution < 1.29 is 18.3 Å². The summed E-state index contributed by atoms with van der Waals surface area (Å²) in [5.74, 6) is 2.16. The lowest BCUT2D eigenvalue weighted by Crippen LogP contribution is -2.56. The number of pyridine rings is 2. The van der Waals surface area contributed by atoms with Gasteiger partial charge in [0.2, 0.25) is 0 Å². The number of rotatable bonds is 8. The van der Waals surface area contributed by atoms with E-state index in [1.165, 1.54) is 12.4 Å². The molecule has 4 N–H and O–H groups in total. The number of anilines is 4. The van der Waals surface area contributed by atoms with E-state index < -0.39 is 18.3 Å². The Morgan fingerprint density at radius 2 is 1.86 bits per heavy atom. The summed E-state index contributed by atoms with van der Waals surface area (Å²) >= 11 is 0. The Hall–Kier alpha value is -3.91. The van der Waals surface area contributed by atoms with Crippen molar-refractivity contribution in [3.63, 3.8) is 0 Å². The third-order valence-electron chi connectivity index (χ3n) is 8.43. The molecule has 11 nitrogen and oxygen atoms in total. The van der Waals surface area contributed by atoms with E-state index in [1.54, 1.807) is 6.20 Å². The Labute approximate surface area is 253 Å². The molecular formula is C30H39F3N10O. The molecule has 4 aromatic rings. The van der Waals surface area contributed by atoms with Gasteiger partial charge in [-0.1, -0.05) is 0 Å². The van der Waals surface area contributed by atoms with Gasteiger partial charge in [0.25, 0.3) is 0 Å². The molecular weight excluding hydrogens is 573 g/mol. The fourth-order valence-electron chi connectivity index (χ4n) is 5.89. The van der Waals surface area contributed by atoms with Gasteiger partial charge in [0.15, 0.2) is 11.5 Å². The van der Waals surface area contributed by atoms with Crippen molar-refractivity contribution in [2.75, 3.05) is 41.3 Å². The highest BCUT2D eigenvalue weighted by atomic mass is 19.4. The van der Waals surface area contributed by atoms with Crippen LogP contribution < -0.4 is 20.9 Å². The number of piperidine rings is 1. The maximum Gasteiger partial charge on any atom is 0.408 e. The van der Waals surface area contributed by atoms with E-state index in [-0.39, 0.29) is 18.0 Å². The molecule has 0 aromatic carbocycles. The molecule has 0 aliphatic carbocycles. The molecule has 2 saturated heterocycles. The van der Waals surface area contributed by atoms with Crippen LogP contribution in [0.25, 0.3) is 22.2 Å². The number of alkyl halides is 3. The number of halogens is 3. The number of nitrogens with zero attached hydrogens (tertiary/aromatic N) is 8. The lowest BCUT2D eigenvalue weighted by molar-refractivity contribution is -0.142. The van der Waals surface area contributed by atoms with Crippen molar-refractivity contribution in [3.8, 4) is 11.1 Å². The van der Waals surface area contributed by atoms with Gasteiger partial charge in [-0.3, -0.25) is 4.68 Å². The summed E-state index contributed by atoms with van der Waals surface area (Å²) in [6, 6.07) is 5.85. The standard InChI is InChI=1S/C30H39F3N10O/c1-18(2)43-27-22(28(39-43)41-14-20(15-41)29(3,4)44)7-8-25(38-27)37-26-10-24(40-9-5-6-21(34)16-40)23(12-35-26)19-11-36-42(13-19)17-30(31,32)33/h7-8,10-13,18,20-21,44H,5-6,9,14-17,34H2,1-4H3,(H,35,37,38)/t21-/m0/s1. The first-order chi connectivity index (χ1) is 20.7. The molecule has 2 aliphatic rings. The zero-order valence-corrected chi connectivity index (χ0v) is 25.4. The van der Waals surface area contributed by atoms with Gasteiger partial charge in [-0.15, -0.1) is 0 Å². The third kappa shape index (κ3) is 6.18. The summed E-state index contributed by atoms with van der Waals surface area (Å²) in [6.45, 7) is 9.47. The summed E-state index contributed by atoms with van der Waals surface area (Å²) in [5, 5.41) is 23.5. The quantitative estimate of drug-likeness (QED) is 0.259. The molecule has 0 unspecified atom stereocenters. The second kappa shape index (κ2) is 11.2. The first kappa shape index (κ1) is 30.1. The Balaban J connectivity index is 1.31. The molecule has 0 bridgehead atoms. The van der Waals surface area contributed by atoms with Gasteiger partial charge in [-0.05, 0) is 52.7 Å². The molecule has 0 amide bonds. The van der Waals surface area contributed by atoms with Crippen LogP contribution in [0.5, 0.6) is 0 Å². The number of hydrogen-bond donors (Lipinski definition) is 3. The smallest absolute Gasteiger partial charge is 0.390 e. The molecule has 0 saturated carbocycles. The van der Waals surface area contributed by atoms with Crippen molar-refractivity contribution in [2.24, 2.45) is 11.7 Å². The van der Waals surface area contributed by atoms with E-state index in [0.29, 0.717) is 29.3 Å². The highest BCUT2D eigenvalue weighted by Crippen LogP contribution is 2.37. The maximum atomic E-state index is 13.0.